The van der Waals surface area contributed by atoms with Crippen molar-refractivity contribution in [2.24, 2.45) is 0 Å². The van der Waals surface area contributed by atoms with E-state index >= 15 is 0 Å². The second kappa shape index (κ2) is 6.52. The van der Waals surface area contributed by atoms with Gasteiger partial charge in [-0.05, 0) is 52.4 Å². The van der Waals surface area contributed by atoms with E-state index in [0.29, 0.717) is 6.54 Å². The third-order valence-corrected chi connectivity index (χ3v) is 5.21. The van der Waals surface area contributed by atoms with Crippen LogP contribution >= 0.6 is 0 Å². The molecule has 3 nitrogen and oxygen atoms in total. The lowest BCUT2D eigenvalue weighted by Gasteiger charge is -2.33. The second-order valence-corrected chi connectivity index (χ2v) is 6.77. The quantitative estimate of drug-likeness (QED) is 0.648. The number of aliphatic hydroxyl groups is 2. The van der Waals surface area contributed by atoms with Crippen LogP contribution in [0, 0.1) is 0 Å². The predicted octanol–water partition coefficient (Wildman–Crippen LogP) is 3.36. The maximum absolute atomic E-state index is 10.2. The molecule has 1 fully saturated rings. The SMILES string of the molecule is OC1CCCC(O)C1NCc1cc2ccccc2c2ccccc12. The molecular weight excluding hydrogens is 298 g/mol. The number of hydrogen-bond donors (Lipinski definition) is 3. The Labute approximate surface area is 141 Å². The van der Waals surface area contributed by atoms with Gasteiger partial charge in [0.15, 0.2) is 0 Å². The molecule has 0 radical (unpaired) electrons. The van der Waals surface area contributed by atoms with Crippen molar-refractivity contribution < 1.29 is 10.2 Å². The Kier molecular flexibility index (Phi) is 4.23. The van der Waals surface area contributed by atoms with Crippen LogP contribution in [0.15, 0.2) is 54.6 Å². The topological polar surface area (TPSA) is 52.5 Å². The lowest BCUT2D eigenvalue weighted by molar-refractivity contribution is 0.000917. The Morgan fingerprint density at radius 3 is 2.21 bits per heavy atom. The zero-order valence-corrected chi connectivity index (χ0v) is 13.7. The molecule has 0 bridgehead atoms. The summed E-state index contributed by atoms with van der Waals surface area (Å²) in [6.07, 6.45) is 1.46. The first-order valence-corrected chi connectivity index (χ1v) is 8.73. The van der Waals surface area contributed by atoms with Crippen molar-refractivity contribution >= 4 is 21.5 Å². The van der Waals surface area contributed by atoms with E-state index in [0.717, 1.165) is 19.3 Å². The average Bonchev–Trinajstić information content (AvgIpc) is 2.61. The second-order valence-electron chi connectivity index (χ2n) is 6.77. The zero-order valence-electron chi connectivity index (χ0n) is 13.7. The molecule has 0 aromatic heterocycles. The van der Waals surface area contributed by atoms with Gasteiger partial charge in [-0.15, -0.1) is 0 Å². The van der Waals surface area contributed by atoms with Gasteiger partial charge in [0.05, 0.1) is 18.2 Å². The summed E-state index contributed by atoms with van der Waals surface area (Å²) in [5.74, 6) is 0. The van der Waals surface area contributed by atoms with Crippen molar-refractivity contribution in [3.8, 4) is 0 Å². The van der Waals surface area contributed by atoms with Crippen molar-refractivity contribution in [1.82, 2.24) is 5.32 Å². The molecule has 124 valence electrons. The number of hydrogen-bond acceptors (Lipinski definition) is 3. The molecule has 4 rings (SSSR count). The normalized spacial score (nSPS) is 24.5. The van der Waals surface area contributed by atoms with E-state index in [4.69, 9.17) is 0 Å². The highest BCUT2D eigenvalue weighted by Crippen LogP contribution is 2.29. The minimum atomic E-state index is -0.472. The molecule has 3 N–H and O–H groups in total. The predicted molar refractivity (Wildman–Crippen MR) is 97.9 cm³/mol. The summed E-state index contributed by atoms with van der Waals surface area (Å²) in [4.78, 5) is 0. The van der Waals surface area contributed by atoms with Crippen molar-refractivity contribution in [2.45, 2.75) is 44.1 Å². The number of rotatable bonds is 3. The van der Waals surface area contributed by atoms with E-state index < -0.39 is 12.2 Å². The van der Waals surface area contributed by atoms with Crippen molar-refractivity contribution in [1.29, 1.82) is 0 Å². The largest absolute Gasteiger partial charge is 0.391 e. The minimum absolute atomic E-state index is 0.246. The molecule has 24 heavy (non-hydrogen) atoms. The molecule has 1 aliphatic rings. The molecule has 2 atom stereocenters. The van der Waals surface area contributed by atoms with Gasteiger partial charge < -0.3 is 15.5 Å². The van der Waals surface area contributed by atoms with Gasteiger partial charge in [-0.25, -0.2) is 0 Å². The van der Waals surface area contributed by atoms with Crippen LogP contribution in [0.1, 0.15) is 24.8 Å². The Morgan fingerprint density at radius 2 is 1.46 bits per heavy atom. The zero-order chi connectivity index (χ0) is 16.5. The molecule has 3 aromatic rings. The first kappa shape index (κ1) is 15.6. The summed E-state index contributed by atoms with van der Waals surface area (Å²) in [7, 11) is 0. The Morgan fingerprint density at radius 1 is 0.833 bits per heavy atom. The van der Waals surface area contributed by atoms with Gasteiger partial charge in [-0.3, -0.25) is 0 Å². The molecule has 1 saturated carbocycles. The Bertz CT molecular complexity index is 851. The van der Waals surface area contributed by atoms with Crippen molar-refractivity contribution in [2.75, 3.05) is 0 Å². The van der Waals surface area contributed by atoms with E-state index in [1.165, 1.54) is 27.1 Å². The standard InChI is InChI=1S/C21H23NO2/c23-19-10-5-11-20(24)21(19)22-13-15-12-14-6-1-2-7-16(14)18-9-4-3-8-17(15)18/h1-4,6-9,12,19-24H,5,10-11,13H2. The van der Waals surface area contributed by atoms with E-state index in [9.17, 15) is 10.2 Å². The van der Waals surface area contributed by atoms with Crippen LogP contribution in [0.4, 0.5) is 0 Å². The van der Waals surface area contributed by atoms with E-state index in [-0.39, 0.29) is 6.04 Å². The molecule has 0 saturated heterocycles. The molecule has 0 spiro atoms. The number of nitrogens with one attached hydrogen (secondary N) is 1. The van der Waals surface area contributed by atoms with Gasteiger partial charge in [0.1, 0.15) is 0 Å². The maximum Gasteiger partial charge on any atom is 0.0718 e. The molecule has 2 unspecified atom stereocenters. The molecule has 0 aliphatic heterocycles. The van der Waals surface area contributed by atoms with Crippen LogP contribution in [0.5, 0.6) is 0 Å². The van der Waals surface area contributed by atoms with Gasteiger partial charge >= 0.3 is 0 Å². The first-order valence-electron chi connectivity index (χ1n) is 8.73. The molecule has 0 heterocycles. The highest BCUT2D eigenvalue weighted by atomic mass is 16.3. The fourth-order valence-electron chi connectivity index (χ4n) is 3.93. The fourth-order valence-corrected chi connectivity index (χ4v) is 3.93. The van der Waals surface area contributed by atoms with Crippen LogP contribution in [-0.4, -0.2) is 28.5 Å². The highest BCUT2D eigenvalue weighted by Gasteiger charge is 2.30. The lowest BCUT2D eigenvalue weighted by atomic mass is 9.89. The van der Waals surface area contributed by atoms with Gasteiger partial charge in [0.2, 0.25) is 0 Å². The van der Waals surface area contributed by atoms with Crippen LogP contribution < -0.4 is 5.32 Å². The third kappa shape index (κ3) is 2.80. The van der Waals surface area contributed by atoms with Crippen LogP contribution in [0.3, 0.4) is 0 Å². The van der Waals surface area contributed by atoms with E-state index in [1.54, 1.807) is 0 Å². The van der Waals surface area contributed by atoms with Gasteiger partial charge in [-0.1, -0.05) is 48.5 Å². The van der Waals surface area contributed by atoms with Crippen LogP contribution in [0.25, 0.3) is 21.5 Å². The van der Waals surface area contributed by atoms with Crippen LogP contribution in [-0.2, 0) is 6.54 Å². The van der Waals surface area contributed by atoms with Gasteiger partial charge in [-0.2, -0.15) is 0 Å². The first-order chi connectivity index (χ1) is 11.7. The summed E-state index contributed by atoms with van der Waals surface area (Å²) in [5, 5.41) is 28.7. The summed E-state index contributed by atoms with van der Waals surface area (Å²) >= 11 is 0. The number of aliphatic hydroxyl groups excluding tert-OH is 2. The van der Waals surface area contributed by atoms with E-state index in [1.807, 2.05) is 0 Å². The summed E-state index contributed by atoms with van der Waals surface area (Å²) in [5.41, 5.74) is 1.20. The minimum Gasteiger partial charge on any atom is -0.391 e. The monoisotopic (exact) mass is 321 g/mol. The smallest absolute Gasteiger partial charge is 0.0718 e. The third-order valence-electron chi connectivity index (χ3n) is 5.21. The number of fused-ring (bicyclic) bond motifs is 3. The van der Waals surface area contributed by atoms with Crippen LogP contribution in [0.2, 0.25) is 0 Å². The molecule has 3 heteroatoms. The molecule has 3 aromatic carbocycles. The summed E-state index contributed by atoms with van der Waals surface area (Å²) in [6.45, 7) is 0.643. The summed E-state index contributed by atoms with van der Waals surface area (Å²) < 4.78 is 0. The van der Waals surface area contributed by atoms with Gasteiger partial charge in [0, 0.05) is 6.54 Å². The van der Waals surface area contributed by atoms with Gasteiger partial charge in [0.25, 0.3) is 0 Å². The molecular formula is C21H23NO2. The maximum atomic E-state index is 10.2. The Hall–Kier alpha value is -1.94. The lowest BCUT2D eigenvalue weighted by Crippen LogP contribution is -2.50. The van der Waals surface area contributed by atoms with Crippen molar-refractivity contribution in [3.63, 3.8) is 0 Å². The number of benzene rings is 3. The highest BCUT2D eigenvalue weighted by molar-refractivity contribution is 6.08. The average molecular weight is 321 g/mol. The Balaban J connectivity index is 1.70. The summed E-state index contributed by atoms with van der Waals surface area (Å²) in [6, 6.07) is 18.8. The molecule has 0 amide bonds. The van der Waals surface area contributed by atoms with Crippen molar-refractivity contribution in [3.05, 3.63) is 60.2 Å². The molecule has 1 aliphatic carbocycles. The van der Waals surface area contributed by atoms with E-state index in [2.05, 4.69) is 59.9 Å². The fraction of sp³-hybridized carbons (Fsp3) is 0.333.